The molecule has 8 rings (SSSR count). The number of fused-ring (bicyclic) bond motifs is 1. The smallest absolute Gasteiger partial charge is 0.417 e. The maximum absolute atomic E-state index is 14.3. The summed E-state index contributed by atoms with van der Waals surface area (Å²) in [6.07, 6.45) is -4.03. The lowest BCUT2D eigenvalue weighted by Crippen LogP contribution is -2.55. The van der Waals surface area contributed by atoms with Gasteiger partial charge in [-0.1, -0.05) is 44.2 Å². The van der Waals surface area contributed by atoms with Gasteiger partial charge in [0.2, 0.25) is 11.8 Å². The van der Waals surface area contributed by atoms with Crippen LogP contribution in [-0.2, 0) is 52.6 Å². The Morgan fingerprint density at radius 3 is 2.13 bits per heavy atom. The number of aryl methyl sites for hydroxylation is 1. The van der Waals surface area contributed by atoms with Crippen LogP contribution in [0, 0.1) is 24.2 Å². The molecule has 3 aliphatic heterocycles. The molecule has 2 N–H and O–H groups in total. The third-order valence-electron chi connectivity index (χ3n) is 14.5. The van der Waals surface area contributed by atoms with Crippen molar-refractivity contribution in [2.75, 3.05) is 82.4 Å². The molecule has 3 aliphatic rings. The average molecular weight is 1180 g/mol. The first kappa shape index (κ1) is 62.0. The molecule has 18 nitrogen and oxygen atoms in total. The van der Waals surface area contributed by atoms with Crippen LogP contribution in [0.3, 0.4) is 0 Å². The fourth-order valence-electron chi connectivity index (χ4n) is 10.2. The van der Waals surface area contributed by atoms with Gasteiger partial charge < -0.3 is 53.5 Å². The van der Waals surface area contributed by atoms with Gasteiger partial charge in [-0.2, -0.15) is 18.4 Å². The van der Waals surface area contributed by atoms with Crippen LogP contribution in [0.1, 0.15) is 85.3 Å². The zero-order valence-electron chi connectivity index (χ0n) is 46.9. The number of benzene rings is 4. The van der Waals surface area contributed by atoms with E-state index in [1.165, 1.54) is 22.3 Å². The predicted octanol–water partition coefficient (Wildman–Crippen LogP) is 8.49. The molecular formula is C60H68F3N7O11S2. The summed E-state index contributed by atoms with van der Waals surface area (Å²) >= 11 is 7.14. The van der Waals surface area contributed by atoms with E-state index in [9.17, 15) is 42.7 Å². The maximum atomic E-state index is 14.3. The number of hydrogen-bond acceptors (Lipinski definition) is 15. The molecule has 1 unspecified atom stereocenters. The van der Waals surface area contributed by atoms with Gasteiger partial charge in [-0.05, 0) is 117 Å². The van der Waals surface area contributed by atoms with Crippen molar-refractivity contribution in [3.8, 4) is 28.0 Å². The average Bonchev–Trinajstić information content (AvgIpc) is 3.20. The van der Waals surface area contributed by atoms with Crippen LogP contribution in [0.25, 0.3) is 10.4 Å². The summed E-state index contributed by atoms with van der Waals surface area (Å²) in [5, 5.41) is 22.9. The molecule has 4 amide bonds. The predicted molar refractivity (Wildman–Crippen MR) is 308 cm³/mol. The van der Waals surface area contributed by atoms with Crippen LogP contribution < -0.4 is 24.6 Å². The van der Waals surface area contributed by atoms with E-state index in [-0.39, 0.29) is 67.9 Å². The molecule has 0 bridgehead atoms. The summed E-state index contributed by atoms with van der Waals surface area (Å²) in [6.45, 7) is 13.0. The second kappa shape index (κ2) is 28.0. The number of unbranched alkanes of at least 4 members (excludes halogenated alkanes) is 1. The van der Waals surface area contributed by atoms with E-state index in [0.717, 1.165) is 51.6 Å². The minimum Gasteiger partial charge on any atom is -0.491 e. The van der Waals surface area contributed by atoms with E-state index in [4.69, 9.17) is 40.6 Å². The summed E-state index contributed by atoms with van der Waals surface area (Å²) in [6, 6.07) is 22.7. The number of β-amino-alcohol motifs (C(OH)–C–C–N with tert-alkyl or cyclic N) is 1. The van der Waals surface area contributed by atoms with E-state index in [2.05, 4.69) is 10.3 Å². The normalized spacial score (nSPS) is 17.1. The molecule has 4 heterocycles. The summed E-state index contributed by atoms with van der Waals surface area (Å²) < 4.78 is 76.2. The molecule has 0 aliphatic carbocycles. The summed E-state index contributed by atoms with van der Waals surface area (Å²) in [4.78, 5) is 66.1. The number of carbonyl (C=O) groups is 4. The topological polar surface area (TPSA) is 206 Å². The number of ether oxygens (including phenoxy) is 6. The molecule has 0 saturated carbocycles. The highest BCUT2D eigenvalue weighted by molar-refractivity contribution is 7.81. The number of likely N-dealkylation sites (tertiary alicyclic amines) is 1. The maximum Gasteiger partial charge on any atom is 0.417 e. The number of hydrogen-bond donors (Lipinski definition) is 2. The van der Waals surface area contributed by atoms with Crippen molar-refractivity contribution >= 4 is 63.7 Å². The minimum atomic E-state index is -4.80. The number of alkyl halides is 3. The third kappa shape index (κ3) is 14.8. The van der Waals surface area contributed by atoms with Gasteiger partial charge in [0.15, 0.2) is 5.11 Å². The van der Waals surface area contributed by atoms with Crippen LogP contribution in [-0.4, -0.2) is 145 Å². The molecule has 83 heavy (non-hydrogen) atoms. The lowest BCUT2D eigenvalue weighted by Gasteiger charge is -2.35. The largest absolute Gasteiger partial charge is 0.491 e. The summed E-state index contributed by atoms with van der Waals surface area (Å²) in [5.74, 6) is -0.683. The van der Waals surface area contributed by atoms with Crippen molar-refractivity contribution in [1.29, 1.82) is 5.26 Å². The number of amides is 4. The highest BCUT2D eigenvalue weighted by Gasteiger charge is 2.51. The zero-order valence-corrected chi connectivity index (χ0v) is 48.6. The van der Waals surface area contributed by atoms with Gasteiger partial charge in [-0.3, -0.25) is 24.1 Å². The van der Waals surface area contributed by atoms with E-state index < -0.39 is 52.8 Å². The monoisotopic (exact) mass is 1180 g/mol. The van der Waals surface area contributed by atoms with Gasteiger partial charge in [-0.25, -0.2) is 4.98 Å². The number of aromatic nitrogens is 1. The molecule has 442 valence electrons. The van der Waals surface area contributed by atoms with E-state index >= 15 is 0 Å². The lowest BCUT2D eigenvalue weighted by atomic mass is 10.0. The highest BCUT2D eigenvalue weighted by Crippen LogP contribution is 2.41. The number of nitriles is 1. The highest BCUT2D eigenvalue weighted by atomic mass is 32.1. The number of nitrogens with one attached hydrogen (secondary N) is 1. The Balaban J connectivity index is 0.687. The fraction of sp³-hybridized carbons (Fsp3) is 0.450. The van der Waals surface area contributed by atoms with Crippen molar-refractivity contribution in [3.05, 3.63) is 124 Å². The van der Waals surface area contributed by atoms with Crippen LogP contribution in [0.5, 0.6) is 11.5 Å². The lowest BCUT2D eigenvalue weighted by molar-refractivity contribution is -0.143. The Labute approximate surface area is 490 Å². The zero-order chi connectivity index (χ0) is 59.4. The molecule has 0 spiro atoms. The summed E-state index contributed by atoms with van der Waals surface area (Å²) in [7, 11) is 0. The third-order valence-corrected chi connectivity index (χ3v) is 15.8. The number of aliphatic hydroxyl groups excluding tert-OH is 1. The molecule has 3 atom stereocenters. The van der Waals surface area contributed by atoms with Crippen LogP contribution in [0.2, 0.25) is 0 Å². The quantitative estimate of drug-likeness (QED) is 0.0356. The molecule has 2 fully saturated rings. The van der Waals surface area contributed by atoms with Gasteiger partial charge in [0.05, 0.1) is 84.7 Å². The minimum absolute atomic E-state index is 0.00489. The van der Waals surface area contributed by atoms with Crippen LogP contribution in [0.15, 0.2) is 90.4 Å². The van der Waals surface area contributed by atoms with Gasteiger partial charge in [0.25, 0.3) is 11.8 Å². The molecule has 0 radical (unpaired) electrons. The Kier molecular flexibility index (Phi) is 20.9. The molecule has 5 aromatic rings. The van der Waals surface area contributed by atoms with Crippen LogP contribution in [0.4, 0.5) is 24.5 Å². The fourth-order valence-corrected chi connectivity index (χ4v) is 11.6. The van der Waals surface area contributed by atoms with Gasteiger partial charge in [-0.15, -0.1) is 11.3 Å². The van der Waals surface area contributed by atoms with Crippen LogP contribution >= 0.6 is 23.6 Å². The van der Waals surface area contributed by atoms with Gasteiger partial charge in [0.1, 0.15) is 42.3 Å². The first-order valence-corrected chi connectivity index (χ1v) is 28.7. The van der Waals surface area contributed by atoms with E-state index in [1.807, 2.05) is 51.1 Å². The first-order chi connectivity index (χ1) is 39.8. The molecule has 2 saturated heterocycles. The Hall–Kier alpha value is -7.04. The standard InChI is InChI=1S/C60H68F3N7O11S2/c1-38(2)52(68-35-43-10-6-7-11-48(43)55(68)73)56(74)67-36-46(71)32-50(67)54(72)65-34-42-13-12-40(53-39(3)66-37-83-53)30-51(42)81-29-27-79-25-23-77-21-9-8-20-76-22-24-78-26-28-80-47-18-16-44(17-19-47)70-58(82)69(57(75)59(70,4)5)45-15-14-41(33-64)49(31-45)60(61,62)63/h6-7,10-19,30-31,37-38,46,50,52,71H,8-9,20-29,32,34-36H2,1-5H3,(H,65,72)/t46-,50+,52?/m1/s1. The molecule has 4 aromatic carbocycles. The van der Waals surface area contributed by atoms with Gasteiger partial charge in [0, 0.05) is 56.1 Å². The number of anilines is 2. The van der Waals surface area contributed by atoms with Crippen molar-refractivity contribution in [1.82, 2.24) is 20.1 Å². The Bertz CT molecular complexity index is 3150. The number of aliphatic hydroxyl groups is 1. The second-order valence-corrected chi connectivity index (χ2v) is 22.2. The van der Waals surface area contributed by atoms with Crippen molar-refractivity contribution in [3.63, 3.8) is 0 Å². The van der Waals surface area contributed by atoms with Crippen molar-refractivity contribution < 1.29 is 65.9 Å². The summed E-state index contributed by atoms with van der Waals surface area (Å²) in [5.41, 5.74) is 3.22. The first-order valence-electron chi connectivity index (χ1n) is 27.4. The Morgan fingerprint density at radius 1 is 0.867 bits per heavy atom. The Morgan fingerprint density at radius 2 is 1.51 bits per heavy atom. The van der Waals surface area contributed by atoms with E-state index in [1.54, 1.807) is 71.6 Å². The number of nitrogens with zero attached hydrogens (tertiary/aromatic N) is 6. The number of thiazole rings is 1. The SMILES string of the molecule is Cc1ncsc1-c1ccc(CNC(=O)[C@@H]2C[C@@H](O)CN2C(=O)C(C(C)C)N2Cc3ccccc3C2=O)c(OCCOCCOCCCCOCCOCCOc2ccc(N3C(=S)N(c4ccc(C#N)c(C(F)(F)F)c4)C(=O)C3(C)C)cc2)c1. The van der Waals surface area contributed by atoms with E-state index in [0.29, 0.717) is 81.1 Å². The molecule has 1 aromatic heterocycles. The molecular weight excluding hydrogens is 1120 g/mol. The number of rotatable bonds is 28. The molecule has 23 heteroatoms. The van der Waals surface area contributed by atoms with Crippen molar-refractivity contribution in [2.45, 2.75) is 96.9 Å². The second-order valence-electron chi connectivity index (χ2n) is 21.0. The number of thiocarbonyl (C=S) groups is 1. The number of carbonyl (C=O) groups excluding carboxylic acids is 4. The van der Waals surface area contributed by atoms with Gasteiger partial charge >= 0.3 is 6.18 Å². The van der Waals surface area contributed by atoms with Crippen molar-refractivity contribution in [2.24, 2.45) is 5.92 Å². The number of halogens is 3.